The van der Waals surface area contributed by atoms with Gasteiger partial charge in [0.25, 0.3) is 0 Å². The Labute approximate surface area is 74.6 Å². The number of hydrogen-bond acceptors (Lipinski definition) is 2. The molecule has 0 aromatic heterocycles. The van der Waals surface area contributed by atoms with Crippen LogP contribution in [0.5, 0.6) is 0 Å². The molecular weight excluding hydrogens is 150 g/mol. The minimum Gasteiger partial charge on any atom is -0.388 e. The van der Waals surface area contributed by atoms with Crippen molar-refractivity contribution in [2.24, 2.45) is 0 Å². The Balaban J connectivity index is 2.06. The van der Waals surface area contributed by atoms with Gasteiger partial charge in [0.1, 0.15) is 0 Å². The molecule has 2 nitrogen and oxygen atoms in total. The summed E-state index contributed by atoms with van der Waals surface area (Å²) in [5, 5.41) is 10.3. The molecule has 0 spiro atoms. The van der Waals surface area contributed by atoms with E-state index in [0.29, 0.717) is 6.04 Å². The monoisotopic (exact) mass is 169 g/mol. The molecule has 2 aliphatic rings. The van der Waals surface area contributed by atoms with Crippen LogP contribution in [0.2, 0.25) is 0 Å². The van der Waals surface area contributed by atoms with Crippen molar-refractivity contribution < 1.29 is 5.11 Å². The van der Waals surface area contributed by atoms with Gasteiger partial charge in [0, 0.05) is 6.04 Å². The van der Waals surface area contributed by atoms with Gasteiger partial charge in [-0.05, 0) is 39.3 Å². The van der Waals surface area contributed by atoms with Crippen LogP contribution in [0.15, 0.2) is 0 Å². The zero-order chi connectivity index (χ0) is 8.60. The smallest absolute Gasteiger partial charge is 0.0802 e. The van der Waals surface area contributed by atoms with Crippen LogP contribution in [0.1, 0.15) is 38.5 Å². The highest BCUT2D eigenvalue weighted by Crippen LogP contribution is 2.38. The summed E-state index contributed by atoms with van der Waals surface area (Å²) in [5.74, 6) is 0. The van der Waals surface area contributed by atoms with Crippen LogP contribution in [0, 0.1) is 0 Å². The fourth-order valence-electron chi connectivity index (χ4n) is 2.91. The lowest BCUT2D eigenvalue weighted by molar-refractivity contribution is -0.0205. The van der Waals surface area contributed by atoms with Gasteiger partial charge < -0.3 is 10.0 Å². The number of hydrogen-bond donors (Lipinski definition) is 1. The minimum atomic E-state index is -0.328. The lowest BCUT2D eigenvalue weighted by Crippen LogP contribution is -2.46. The first-order valence-corrected chi connectivity index (χ1v) is 5.15. The Bertz CT molecular complexity index is 163. The first kappa shape index (κ1) is 8.52. The molecule has 1 aliphatic carbocycles. The van der Waals surface area contributed by atoms with Crippen LogP contribution in [0.3, 0.4) is 0 Å². The van der Waals surface area contributed by atoms with E-state index in [9.17, 15) is 5.11 Å². The summed E-state index contributed by atoms with van der Waals surface area (Å²) in [4.78, 5) is 2.34. The van der Waals surface area contributed by atoms with E-state index in [2.05, 4.69) is 11.9 Å². The number of nitrogens with zero attached hydrogens (tertiary/aromatic N) is 1. The van der Waals surface area contributed by atoms with E-state index in [4.69, 9.17) is 0 Å². The highest BCUT2D eigenvalue weighted by Gasteiger charge is 2.42. The van der Waals surface area contributed by atoms with Crippen molar-refractivity contribution in [3.8, 4) is 0 Å². The highest BCUT2D eigenvalue weighted by atomic mass is 16.3. The molecule has 1 aliphatic heterocycles. The Morgan fingerprint density at radius 1 is 1.25 bits per heavy atom. The van der Waals surface area contributed by atoms with Crippen molar-refractivity contribution >= 4 is 0 Å². The van der Waals surface area contributed by atoms with E-state index in [1.807, 2.05) is 0 Å². The number of rotatable bonds is 1. The third-order valence-corrected chi connectivity index (χ3v) is 3.61. The third-order valence-electron chi connectivity index (χ3n) is 3.61. The maximum Gasteiger partial charge on any atom is 0.0802 e. The lowest BCUT2D eigenvalue weighted by Gasteiger charge is -2.34. The molecule has 70 valence electrons. The van der Waals surface area contributed by atoms with E-state index in [-0.39, 0.29) is 5.60 Å². The molecule has 0 radical (unpaired) electrons. The molecular formula is C10H19NO. The molecule has 1 unspecified atom stereocenters. The second-order valence-electron chi connectivity index (χ2n) is 4.45. The summed E-state index contributed by atoms with van der Waals surface area (Å²) in [6.07, 6.45) is 6.97. The Morgan fingerprint density at radius 2 is 1.92 bits per heavy atom. The summed E-state index contributed by atoms with van der Waals surface area (Å²) in [6.45, 7) is 1.17. The summed E-state index contributed by atoms with van der Waals surface area (Å²) in [6, 6.07) is 0.458. The fourth-order valence-corrected chi connectivity index (χ4v) is 2.91. The average molecular weight is 169 g/mol. The van der Waals surface area contributed by atoms with Crippen LogP contribution in [0.4, 0.5) is 0 Å². The van der Waals surface area contributed by atoms with Gasteiger partial charge in [-0.2, -0.15) is 0 Å². The predicted octanol–water partition coefficient (Wildman–Crippen LogP) is 1.39. The van der Waals surface area contributed by atoms with Gasteiger partial charge in [0.05, 0.1) is 5.60 Å². The maximum absolute atomic E-state index is 10.3. The highest BCUT2D eigenvalue weighted by molar-refractivity contribution is 4.98. The third kappa shape index (κ3) is 1.27. The van der Waals surface area contributed by atoms with Crippen molar-refractivity contribution in [3.05, 3.63) is 0 Å². The van der Waals surface area contributed by atoms with Crippen molar-refractivity contribution in [2.45, 2.75) is 50.2 Å². The van der Waals surface area contributed by atoms with Gasteiger partial charge in [0.15, 0.2) is 0 Å². The topological polar surface area (TPSA) is 23.5 Å². The number of likely N-dealkylation sites (N-methyl/N-ethyl adjacent to an activating group) is 1. The van der Waals surface area contributed by atoms with Gasteiger partial charge in [-0.3, -0.25) is 0 Å². The van der Waals surface area contributed by atoms with E-state index in [1.54, 1.807) is 0 Å². The summed E-state index contributed by atoms with van der Waals surface area (Å²) >= 11 is 0. The molecule has 1 heterocycles. The first-order valence-electron chi connectivity index (χ1n) is 5.15. The van der Waals surface area contributed by atoms with Crippen molar-refractivity contribution in [2.75, 3.05) is 13.6 Å². The Hall–Kier alpha value is -0.0800. The Morgan fingerprint density at radius 3 is 2.42 bits per heavy atom. The van der Waals surface area contributed by atoms with Crippen molar-refractivity contribution in [3.63, 3.8) is 0 Å². The fraction of sp³-hybridized carbons (Fsp3) is 1.00. The summed E-state index contributed by atoms with van der Waals surface area (Å²) in [7, 11) is 2.15. The predicted molar refractivity (Wildman–Crippen MR) is 49.1 cm³/mol. The SMILES string of the molecule is CN1CCCC1C1(O)CCCC1. The number of aliphatic hydroxyl groups is 1. The van der Waals surface area contributed by atoms with Crippen LogP contribution >= 0.6 is 0 Å². The van der Waals surface area contributed by atoms with E-state index < -0.39 is 0 Å². The molecule has 0 bridgehead atoms. The minimum absolute atomic E-state index is 0.328. The molecule has 1 saturated carbocycles. The molecule has 0 amide bonds. The van der Waals surface area contributed by atoms with E-state index in [0.717, 1.165) is 12.8 Å². The van der Waals surface area contributed by atoms with Gasteiger partial charge >= 0.3 is 0 Å². The molecule has 2 rings (SSSR count). The second-order valence-corrected chi connectivity index (χ2v) is 4.45. The normalized spacial score (nSPS) is 36.0. The van der Waals surface area contributed by atoms with Crippen LogP contribution < -0.4 is 0 Å². The largest absolute Gasteiger partial charge is 0.388 e. The molecule has 12 heavy (non-hydrogen) atoms. The summed E-state index contributed by atoms with van der Waals surface area (Å²) in [5.41, 5.74) is -0.328. The molecule has 1 saturated heterocycles. The van der Waals surface area contributed by atoms with Crippen LogP contribution in [-0.2, 0) is 0 Å². The molecule has 0 aromatic rings. The maximum atomic E-state index is 10.3. The molecule has 2 fully saturated rings. The van der Waals surface area contributed by atoms with E-state index >= 15 is 0 Å². The van der Waals surface area contributed by atoms with Crippen molar-refractivity contribution in [1.82, 2.24) is 4.90 Å². The zero-order valence-electron chi connectivity index (χ0n) is 7.92. The number of likely N-dealkylation sites (tertiary alicyclic amines) is 1. The molecule has 0 aromatic carbocycles. The standard InChI is InChI=1S/C10H19NO/c1-11-8-4-5-9(11)10(12)6-2-3-7-10/h9,12H,2-8H2,1H3. The Kier molecular flexibility index (Phi) is 2.13. The van der Waals surface area contributed by atoms with Crippen molar-refractivity contribution in [1.29, 1.82) is 0 Å². The molecule has 1 atom stereocenters. The van der Waals surface area contributed by atoms with Gasteiger partial charge in [-0.25, -0.2) is 0 Å². The lowest BCUT2D eigenvalue weighted by atomic mass is 9.91. The van der Waals surface area contributed by atoms with E-state index in [1.165, 1.54) is 32.2 Å². The first-order chi connectivity index (χ1) is 5.72. The average Bonchev–Trinajstić information content (AvgIpc) is 2.59. The molecule has 2 heteroatoms. The molecule has 1 N–H and O–H groups in total. The van der Waals surface area contributed by atoms with Crippen LogP contribution in [-0.4, -0.2) is 35.2 Å². The van der Waals surface area contributed by atoms with Gasteiger partial charge in [-0.15, -0.1) is 0 Å². The zero-order valence-corrected chi connectivity index (χ0v) is 7.92. The second kappa shape index (κ2) is 3.00. The van der Waals surface area contributed by atoms with Crippen LogP contribution in [0.25, 0.3) is 0 Å². The summed E-state index contributed by atoms with van der Waals surface area (Å²) < 4.78 is 0. The quantitative estimate of drug-likeness (QED) is 0.641. The van der Waals surface area contributed by atoms with Gasteiger partial charge in [0.2, 0.25) is 0 Å². The van der Waals surface area contributed by atoms with Gasteiger partial charge in [-0.1, -0.05) is 12.8 Å².